The lowest BCUT2D eigenvalue weighted by Gasteiger charge is -2.50. The van der Waals surface area contributed by atoms with E-state index in [1.165, 1.54) is 6.92 Å². The molecule has 0 aromatic heterocycles. The third kappa shape index (κ3) is 16.6. The lowest BCUT2D eigenvalue weighted by Crippen LogP contribution is -2.66. The Morgan fingerprint density at radius 3 is 1.15 bits per heavy atom. The van der Waals surface area contributed by atoms with E-state index in [2.05, 4.69) is 6.58 Å². The number of allylic oxidation sites excluding steroid dienone is 1. The lowest BCUT2D eigenvalue weighted by molar-refractivity contribution is -0.380. The van der Waals surface area contributed by atoms with Crippen molar-refractivity contribution in [3.63, 3.8) is 0 Å². The van der Waals surface area contributed by atoms with E-state index >= 15 is 0 Å². The molecular formula is C61H68O12. The molecule has 12 heteroatoms. The van der Waals surface area contributed by atoms with Crippen LogP contribution in [0.5, 0.6) is 0 Å². The van der Waals surface area contributed by atoms with Gasteiger partial charge < -0.3 is 52.1 Å². The van der Waals surface area contributed by atoms with Crippen molar-refractivity contribution in [3.05, 3.63) is 228 Å². The largest absolute Gasteiger partial charge is 0.454 e. The minimum absolute atomic E-state index is 0.0758. The van der Waals surface area contributed by atoms with Gasteiger partial charge in [-0.05, 0) is 46.2 Å². The maximum absolute atomic E-state index is 13.4. The van der Waals surface area contributed by atoms with Crippen LogP contribution in [0.2, 0.25) is 0 Å². The molecule has 12 nitrogen and oxygen atoms in total. The summed E-state index contributed by atoms with van der Waals surface area (Å²) in [6.07, 6.45) is -6.16. The van der Waals surface area contributed by atoms with Crippen LogP contribution < -0.4 is 0 Å². The van der Waals surface area contributed by atoms with Crippen LogP contribution in [0, 0.1) is 0 Å². The molecule has 2 fully saturated rings. The highest BCUT2D eigenvalue weighted by Gasteiger charge is 2.55. The number of unbranched alkanes of at least 4 members (excludes halogenated alkanes) is 1. The Hall–Kier alpha value is -5.87. The molecule has 2 heterocycles. The quantitative estimate of drug-likeness (QED) is 0.0264. The van der Waals surface area contributed by atoms with Crippen LogP contribution in [0.3, 0.4) is 0 Å². The fraction of sp³-hybridized carbons (Fsp3) is 0.361. The van der Waals surface area contributed by atoms with Gasteiger partial charge in [0.2, 0.25) is 0 Å². The van der Waals surface area contributed by atoms with Crippen LogP contribution in [-0.4, -0.2) is 87.2 Å². The fourth-order valence-corrected chi connectivity index (χ4v) is 8.90. The standard InChI is InChI=1S/C61H68O12/c1-3-4-23-36-65-60-58(56(68-41-50-32-19-9-20-33-50)54(66-39-48-28-15-7-16-29-48)52(71-60)43-63-37-46-24-11-5-12-25-46)73-61-59(70-45(2)62)57(69-42-51-34-21-10-22-35-51)55(67-40-49-30-17-8-18-31-49)53(72-61)44-64-38-47-26-13-6-14-27-47/h3,5-22,24-35,52-61H,1,4,23,36-44H2,2H3/t52-,53-,54-,55-,56+,57+,58+,59-,60-,61+/m1/s1. The first-order chi connectivity index (χ1) is 36.0. The van der Waals surface area contributed by atoms with Gasteiger partial charge in [-0.3, -0.25) is 4.79 Å². The van der Waals surface area contributed by atoms with E-state index < -0.39 is 67.4 Å². The van der Waals surface area contributed by atoms with E-state index in [4.69, 9.17) is 52.1 Å². The zero-order valence-electron chi connectivity index (χ0n) is 41.6. The SMILES string of the molecule is C=CCCCO[C@@H]1O[C@H](COCc2ccccc2)[C@@H](OCc2ccccc2)[C@H](OCc2ccccc2)[C@@H]1O[C@@H]1O[C@H](COCc2ccccc2)[C@@H](OCc2ccccc2)[C@H](OCc2ccccc2)[C@H]1OC(C)=O. The highest BCUT2D eigenvalue weighted by atomic mass is 16.8. The molecule has 384 valence electrons. The van der Waals surface area contributed by atoms with Gasteiger partial charge in [0.15, 0.2) is 18.7 Å². The van der Waals surface area contributed by atoms with Crippen LogP contribution in [0.25, 0.3) is 0 Å². The average Bonchev–Trinajstić information content (AvgIpc) is 3.43. The first-order valence-corrected chi connectivity index (χ1v) is 25.2. The molecule has 0 amide bonds. The van der Waals surface area contributed by atoms with Gasteiger partial charge in [0.25, 0.3) is 0 Å². The van der Waals surface area contributed by atoms with Gasteiger partial charge in [-0.15, -0.1) is 6.58 Å². The first-order valence-electron chi connectivity index (χ1n) is 25.2. The van der Waals surface area contributed by atoms with Crippen LogP contribution in [0.4, 0.5) is 0 Å². The molecule has 0 radical (unpaired) electrons. The summed E-state index contributed by atoms with van der Waals surface area (Å²) >= 11 is 0. The molecule has 6 aromatic carbocycles. The number of benzene rings is 6. The molecule has 0 bridgehead atoms. The number of carbonyl (C=O) groups excluding carboxylic acids is 1. The summed E-state index contributed by atoms with van der Waals surface area (Å²) in [6.45, 7) is 7.29. The van der Waals surface area contributed by atoms with Gasteiger partial charge in [0, 0.05) is 6.92 Å². The third-order valence-electron chi connectivity index (χ3n) is 12.5. The van der Waals surface area contributed by atoms with Gasteiger partial charge in [-0.25, -0.2) is 0 Å². The molecule has 0 saturated carbocycles. The van der Waals surface area contributed by atoms with Crippen molar-refractivity contribution in [2.45, 2.75) is 121 Å². The number of hydrogen-bond donors (Lipinski definition) is 0. The van der Waals surface area contributed by atoms with Crippen LogP contribution in [0.15, 0.2) is 195 Å². The Kier molecular flexibility index (Phi) is 21.3. The lowest BCUT2D eigenvalue weighted by atomic mass is 9.96. The molecule has 6 aromatic rings. The Labute approximate surface area is 430 Å². The number of carbonyl (C=O) groups is 1. The molecule has 2 saturated heterocycles. The Balaban J connectivity index is 1.18. The van der Waals surface area contributed by atoms with Crippen molar-refractivity contribution in [1.29, 1.82) is 0 Å². The Morgan fingerprint density at radius 1 is 0.438 bits per heavy atom. The molecule has 0 N–H and O–H groups in total. The highest BCUT2D eigenvalue weighted by Crippen LogP contribution is 2.37. The summed E-state index contributed by atoms with van der Waals surface area (Å²) in [5, 5.41) is 0. The second-order valence-corrected chi connectivity index (χ2v) is 18.1. The predicted molar refractivity (Wildman–Crippen MR) is 275 cm³/mol. The first kappa shape index (κ1) is 53.4. The summed E-state index contributed by atoms with van der Waals surface area (Å²) in [6, 6.07) is 59.4. The van der Waals surface area contributed by atoms with E-state index in [0.29, 0.717) is 32.7 Å². The van der Waals surface area contributed by atoms with Crippen LogP contribution >= 0.6 is 0 Å². The van der Waals surface area contributed by atoms with E-state index in [0.717, 1.165) is 33.4 Å². The normalized spacial score (nSPS) is 23.9. The minimum Gasteiger partial charge on any atom is -0.454 e. The van der Waals surface area contributed by atoms with E-state index in [1.807, 2.05) is 188 Å². The van der Waals surface area contributed by atoms with E-state index in [9.17, 15) is 4.79 Å². The van der Waals surface area contributed by atoms with Crippen LogP contribution in [-0.2, 0) is 96.5 Å². The summed E-state index contributed by atoms with van der Waals surface area (Å²) in [5.74, 6) is -0.565. The highest BCUT2D eigenvalue weighted by molar-refractivity contribution is 5.66. The zero-order valence-corrected chi connectivity index (χ0v) is 41.6. The van der Waals surface area contributed by atoms with Gasteiger partial charge in [-0.1, -0.05) is 188 Å². The average molecular weight is 993 g/mol. The number of esters is 1. The molecule has 73 heavy (non-hydrogen) atoms. The number of hydrogen-bond acceptors (Lipinski definition) is 12. The Morgan fingerprint density at radius 2 is 0.781 bits per heavy atom. The van der Waals surface area contributed by atoms with E-state index in [1.54, 1.807) is 0 Å². The summed E-state index contributed by atoms with van der Waals surface area (Å²) in [4.78, 5) is 13.4. The second kappa shape index (κ2) is 29.1. The van der Waals surface area contributed by atoms with Gasteiger partial charge in [-0.2, -0.15) is 0 Å². The van der Waals surface area contributed by atoms with Crippen molar-refractivity contribution < 1.29 is 56.9 Å². The predicted octanol–water partition coefficient (Wildman–Crippen LogP) is 10.5. The van der Waals surface area contributed by atoms with Crippen molar-refractivity contribution in [2.75, 3.05) is 19.8 Å². The fourth-order valence-electron chi connectivity index (χ4n) is 8.90. The van der Waals surface area contributed by atoms with Gasteiger partial charge >= 0.3 is 5.97 Å². The van der Waals surface area contributed by atoms with Crippen molar-refractivity contribution in [1.82, 2.24) is 0 Å². The topological polar surface area (TPSA) is 119 Å². The van der Waals surface area contributed by atoms with Crippen molar-refractivity contribution in [2.24, 2.45) is 0 Å². The molecular weight excluding hydrogens is 925 g/mol. The maximum atomic E-state index is 13.4. The van der Waals surface area contributed by atoms with Crippen molar-refractivity contribution >= 4 is 5.97 Å². The van der Waals surface area contributed by atoms with Crippen LogP contribution in [0.1, 0.15) is 53.1 Å². The molecule has 0 spiro atoms. The van der Waals surface area contributed by atoms with Gasteiger partial charge in [0.1, 0.15) is 42.7 Å². The smallest absolute Gasteiger partial charge is 0.303 e. The Bertz CT molecular complexity index is 2450. The third-order valence-corrected chi connectivity index (χ3v) is 12.5. The monoisotopic (exact) mass is 992 g/mol. The molecule has 8 rings (SSSR count). The molecule has 10 atom stereocenters. The van der Waals surface area contributed by atoms with Gasteiger partial charge in [0.05, 0.1) is 59.5 Å². The minimum atomic E-state index is -1.29. The van der Waals surface area contributed by atoms with Crippen molar-refractivity contribution in [3.8, 4) is 0 Å². The number of rotatable bonds is 28. The molecule has 2 aliphatic heterocycles. The molecule has 0 unspecified atom stereocenters. The van der Waals surface area contributed by atoms with E-state index in [-0.39, 0.29) is 39.6 Å². The molecule has 2 aliphatic rings. The summed E-state index contributed by atoms with van der Waals surface area (Å²) < 4.78 is 74.9. The maximum Gasteiger partial charge on any atom is 0.303 e. The summed E-state index contributed by atoms with van der Waals surface area (Å²) in [5.41, 5.74) is 5.74. The zero-order chi connectivity index (χ0) is 50.3. The summed E-state index contributed by atoms with van der Waals surface area (Å²) in [7, 11) is 0. The number of ether oxygens (including phenoxy) is 11. The molecule has 0 aliphatic carbocycles. The second-order valence-electron chi connectivity index (χ2n) is 18.1.